The first-order valence-electron chi connectivity index (χ1n) is 5.11. The number of ether oxygens (including phenoxy) is 1. The van der Waals surface area contributed by atoms with Crippen LogP contribution in [-0.4, -0.2) is 32.6 Å². The van der Waals surface area contributed by atoms with Crippen molar-refractivity contribution in [2.75, 3.05) is 31.8 Å². The summed E-state index contributed by atoms with van der Waals surface area (Å²) in [6.07, 6.45) is 0. The van der Waals surface area contributed by atoms with Crippen LogP contribution in [0.25, 0.3) is 0 Å². The second kappa shape index (κ2) is 5.85. The van der Waals surface area contributed by atoms with Gasteiger partial charge in [-0.25, -0.2) is 9.18 Å². The van der Waals surface area contributed by atoms with Crippen LogP contribution in [0, 0.1) is 5.82 Å². The van der Waals surface area contributed by atoms with Crippen LogP contribution in [0.2, 0.25) is 0 Å². The van der Waals surface area contributed by atoms with Crippen molar-refractivity contribution in [3.8, 4) is 0 Å². The normalized spacial score (nSPS) is 9.72. The molecule has 6 nitrogen and oxygen atoms in total. The van der Waals surface area contributed by atoms with E-state index in [-0.39, 0.29) is 29.4 Å². The number of amides is 1. The van der Waals surface area contributed by atoms with Gasteiger partial charge in [-0.2, -0.15) is 0 Å². The SMILES string of the molecule is CNC(=O)CNc1cc(C(=O)OC)c(N)cc1F. The summed E-state index contributed by atoms with van der Waals surface area (Å²) in [7, 11) is 2.66. The Bertz CT molecular complexity index is 477. The number of carbonyl (C=O) groups is 2. The lowest BCUT2D eigenvalue weighted by atomic mass is 10.1. The van der Waals surface area contributed by atoms with Crippen LogP contribution in [0.5, 0.6) is 0 Å². The van der Waals surface area contributed by atoms with Crippen LogP contribution in [0.1, 0.15) is 10.4 Å². The number of nitrogens with two attached hydrogens (primary N) is 1. The first-order valence-corrected chi connectivity index (χ1v) is 5.11. The number of anilines is 2. The first-order chi connectivity index (χ1) is 8.49. The predicted octanol–water partition coefficient (Wildman–Crippen LogP) is 0.352. The molecule has 0 aromatic heterocycles. The average Bonchev–Trinajstić information content (AvgIpc) is 2.36. The van der Waals surface area contributed by atoms with Crippen molar-refractivity contribution in [3.63, 3.8) is 0 Å². The highest BCUT2D eigenvalue weighted by atomic mass is 19.1. The molecule has 1 aromatic carbocycles. The third-order valence-electron chi connectivity index (χ3n) is 2.26. The Morgan fingerprint density at radius 3 is 2.67 bits per heavy atom. The van der Waals surface area contributed by atoms with Gasteiger partial charge in [0.25, 0.3) is 0 Å². The van der Waals surface area contributed by atoms with Gasteiger partial charge in [0.15, 0.2) is 0 Å². The zero-order valence-corrected chi connectivity index (χ0v) is 10.0. The van der Waals surface area contributed by atoms with E-state index in [1.54, 1.807) is 0 Å². The molecule has 0 atom stereocenters. The largest absolute Gasteiger partial charge is 0.465 e. The molecule has 0 saturated carbocycles. The Hall–Kier alpha value is -2.31. The maximum Gasteiger partial charge on any atom is 0.340 e. The minimum absolute atomic E-state index is 0.00759. The molecule has 0 unspecified atom stereocenters. The van der Waals surface area contributed by atoms with Crippen LogP contribution in [-0.2, 0) is 9.53 Å². The second-order valence-corrected chi connectivity index (χ2v) is 3.44. The third-order valence-corrected chi connectivity index (χ3v) is 2.26. The molecule has 0 saturated heterocycles. The summed E-state index contributed by atoms with van der Waals surface area (Å²) >= 11 is 0. The molecule has 0 heterocycles. The van der Waals surface area contributed by atoms with Gasteiger partial charge < -0.3 is 21.1 Å². The molecule has 1 amide bonds. The number of esters is 1. The smallest absolute Gasteiger partial charge is 0.340 e. The number of likely N-dealkylation sites (N-methyl/N-ethyl adjacent to an activating group) is 1. The molecule has 0 spiro atoms. The fourth-order valence-electron chi connectivity index (χ4n) is 1.27. The molecular weight excluding hydrogens is 241 g/mol. The van der Waals surface area contributed by atoms with Crippen molar-refractivity contribution >= 4 is 23.3 Å². The predicted molar refractivity (Wildman–Crippen MR) is 64.7 cm³/mol. The quantitative estimate of drug-likeness (QED) is 0.533. The van der Waals surface area contributed by atoms with Gasteiger partial charge in [0, 0.05) is 12.7 Å². The maximum atomic E-state index is 13.5. The molecule has 1 aromatic rings. The minimum atomic E-state index is -0.671. The summed E-state index contributed by atoms with van der Waals surface area (Å²) in [5.41, 5.74) is 5.53. The summed E-state index contributed by atoms with van der Waals surface area (Å²) in [6, 6.07) is 2.21. The van der Waals surface area contributed by atoms with Gasteiger partial charge >= 0.3 is 5.97 Å². The Morgan fingerprint density at radius 2 is 2.11 bits per heavy atom. The van der Waals surface area contributed by atoms with E-state index in [0.717, 1.165) is 6.07 Å². The van der Waals surface area contributed by atoms with Crippen LogP contribution < -0.4 is 16.4 Å². The molecule has 0 radical (unpaired) electrons. The van der Waals surface area contributed by atoms with E-state index in [0.29, 0.717) is 0 Å². The minimum Gasteiger partial charge on any atom is -0.465 e. The Kier molecular flexibility index (Phi) is 4.47. The summed E-state index contributed by atoms with van der Waals surface area (Å²) in [5.74, 6) is -1.63. The average molecular weight is 255 g/mol. The van der Waals surface area contributed by atoms with Gasteiger partial charge in [-0.1, -0.05) is 0 Å². The van der Waals surface area contributed by atoms with Crippen molar-refractivity contribution in [1.82, 2.24) is 5.32 Å². The van der Waals surface area contributed by atoms with Crippen LogP contribution in [0.15, 0.2) is 12.1 Å². The molecule has 0 aliphatic rings. The first kappa shape index (κ1) is 13.8. The number of hydrogen-bond acceptors (Lipinski definition) is 5. The van der Waals surface area contributed by atoms with Crippen molar-refractivity contribution < 1.29 is 18.7 Å². The third kappa shape index (κ3) is 3.09. The fraction of sp³-hybridized carbons (Fsp3) is 0.273. The summed E-state index contributed by atoms with van der Waals surface area (Å²) in [6.45, 7) is -0.113. The van der Waals surface area contributed by atoms with E-state index in [4.69, 9.17) is 5.73 Å². The highest BCUT2D eigenvalue weighted by molar-refractivity contribution is 5.96. The van der Waals surface area contributed by atoms with E-state index in [2.05, 4.69) is 15.4 Å². The lowest BCUT2D eigenvalue weighted by Crippen LogP contribution is -2.26. The number of rotatable bonds is 4. The molecule has 4 N–H and O–H groups in total. The highest BCUT2D eigenvalue weighted by Gasteiger charge is 2.14. The highest BCUT2D eigenvalue weighted by Crippen LogP contribution is 2.22. The topological polar surface area (TPSA) is 93.5 Å². The fourth-order valence-corrected chi connectivity index (χ4v) is 1.27. The van der Waals surface area contributed by atoms with E-state index >= 15 is 0 Å². The molecule has 1 rings (SSSR count). The molecular formula is C11H14FN3O3. The maximum absolute atomic E-state index is 13.5. The van der Waals surface area contributed by atoms with Gasteiger partial charge in [-0.05, 0) is 12.1 Å². The van der Waals surface area contributed by atoms with Gasteiger partial charge in [0.2, 0.25) is 5.91 Å². The van der Waals surface area contributed by atoms with Gasteiger partial charge in [-0.15, -0.1) is 0 Å². The summed E-state index contributed by atoms with van der Waals surface area (Å²) in [5, 5.41) is 4.93. The Balaban J connectivity index is 2.98. The molecule has 0 fully saturated rings. The molecule has 7 heteroatoms. The standard InChI is InChI=1S/C11H14FN3O3/c1-14-10(16)5-15-9-3-6(11(17)18-2)8(13)4-7(9)12/h3-4,15H,5,13H2,1-2H3,(H,14,16). The van der Waals surface area contributed by atoms with Crippen LogP contribution in [0.3, 0.4) is 0 Å². The van der Waals surface area contributed by atoms with Gasteiger partial charge in [0.1, 0.15) is 5.82 Å². The van der Waals surface area contributed by atoms with Gasteiger partial charge in [-0.3, -0.25) is 4.79 Å². The summed E-state index contributed by atoms with van der Waals surface area (Å²) in [4.78, 5) is 22.4. The lowest BCUT2D eigenvalue weighted by molar-refractivity contribution is -0.118. The number of nitrogens with one attached hydrogen (secondary N) is 2. The number of nitrogen functional groups attached to an aromatic ring is 1. The monoisotopic (exact) mass is 255 g/mol. The van der Waals surface area contributed by atoms with Crippen LogP contribution >= 0.6 is 0 Å². The van der Waals surface area contributed by atoms with Crippen molar-refractivity contribution in [2.45, 2.75) is 0 Å². The van der Waals surface area contributed by atoms with Crippen molar-refractivity contribution in [1.29, 1.82) is 0 Å². The van der Waals surface area contributed by atoms with E-state index in [1.165, 1.54) is 20.2 Å². The van der Waals surface area contributed by atoms with Crippen molar-refractivity contribution in [2.24, 2.45) is 0 Å². The molecule has 18 heavy (non-hydrogen) atoms. The number of methoxy groups -OCH3 is 1. The summed E-state index contributed by atoms with van der Waals surface area (Å²) < 4.78 is 18.0. The molecule has 0 aliphatic carbocycles. The zero-order valence-electron chi connectivity index (χ0n) is 10.0. The van der Waals surface area contributed by atoms with Crippen molar-refractivity contribution in [3.05, 3.63) is 23.5 Å². The molecule has 0 bridgehead atoms. The van der Waals surface area contributed by atoms with E-state index in [1.807, 2.05) is 0 Å². The lowest BCUT2D eigenvalue weighted by Gasteiger charge is -2.10. The number of halogens is 1. The Labute approximate surface area is 103 Å². The zero-order chi connectivity index (χ0) is 13.7. The Morgan fingerprint density at radius 1 is 1.44 bits per heavy atom. The van der Waals surface area contributed by atoms with E-state index in [9.17, 15) is 14.0 Å². The van der Waals surface area contributed by atoms with Crippen LogP contribution in [0.4, 0.5) is 15.8 Å². The molecule has 0 aliphatic heterocycles. The molecule has 98 valence electrons. The number of benzene rings is 1. The van der Waals surface area contributed by atoms with Gasteiger partial charge in [0.05, 0.1) is 24.9 Å². The second-order valence-electron chi connectivity index (χ2n) is 3.44. The number of hydrogen-bond donors (Lipinski definition) is 3. The number of carbonyl (C=O) groups excluding carboxylic acids is 2. The van der Waals surface area contributed by atoms with E-state index < -0.39 is 11.8 Å².